The van der Waals surface area contributed by atoms with Crippen LogP contribution in [0.2, 0.25) is 5.02 Å². The number of hydrogen-bond donors (Lipinski definition) is 2. The van der Waals surface area contributed by atoms with Crippen LogP contribution in [0.4, 0.5) is 0 Å². The van der Waals surface area contributed by atoms with Crippen LogP contribution in [0.5, 0.6) is 5.75 Å². The molecule has 5 heteroatoms. The minimum Gasteiger partial charge on any atom is -0.496 e. The lowest BCUT2D eigenvalue weighted by atomic mass is 9.98. The molecular formula is C11H14ClNO3. The molecule has 0 aromatic heterocycles. The Kier molecular flexibility index (Phi) is 4.15. The quantitative estimate of drug-likeness (QED) is 0.848. The number of carboxylic acids is 1. The molecule has 0 bridgehead atoms. The molecule has 16 heavy (non-hydrogen) atoms. The van der Waals surface area contributed by atoms with Gasteiger partial charge in [-0.25, -0.2) is 0 Å². The van der Waals surface area contributed by atoms with Crippen LogP contribution in [0.25, 0.3) is 0 Å². The Balaban J connectivity index is 3.35. The molecule has 0 heterocycles. The smallest absolute Gasteiger partial charge is 0.325 e. The average Bonchev–Trinajstić information content (AvgIpc) is 2.26. The molecule has 0 saturated heterocycles. The minimum atomic E-state index is -1.08. The van der Waals surface area contributed by atoms with Gasteiger partial charge < -0.3 is 15.6 Å². The highest BCUT2D eigenvalue weighted by molar-refractivity contribution is 6.30. The van der Waals surface area contributed by atoms with Gasteiger partial charge in [0.25, 0.3) is 0 Å². The zero-order valence-electron chi connectivity index (χ0n) is 9.16. The summed E-state index contributed by atoms with van der Waals surface area (Å²) in [5.41, 5.74) is 6.87. The Morgan fingerprint density at radius 2 is 2.25 bits per heavy atom. The van der Waals surface area contributed by atoms with E-state index in [0.717, 1.165) is 5.56 Å². The average molecular weight is 244 g/mol. The largest absolute Gasteiger partial charge is 0.496 e. The maximum Gasteiger partial charge on any atom is 0.325 e. The van der Waals surface area contributed by atoms with E-state index in [1.54, 1.807) is 12.1 Å². The van der Waals surface area contributed by atoms with Crippen LogP contribution in [0.3, 0.4) is 0 Å². The number of carboxylic acid groups (broad SMARTS) is 1. The van der Waals surface area contributed by atoms with Crippen molar-refractivity contribution in [1.29, 1.82) is 0 Å². The van der Waals surface area contributed by atoms with Crippen molar-refractivity contribution < 1.29 is 14.6 Å². The Labute approximate surface area is 99.0 Å². The molecule has 0 spiro atoms. The molecule has 0 amide bonds. The lowest BCUT2D eigenvalue weighted by molar-refractivity contribution is -0.138. The van der Waals surface area contributed by atoms with Crippen molar-refractivity contribution in [2.75, 3.05) is 7.11 Å². The topological polar surface area (TPSA) is 72.5 Å². The molecule has 1 rings (SSSR count). The third kappa shape index (κ3) is 2.46. The minimum absolute atomic E-state index is 0.417. The van der Waals surface area contributed by atoms with E-state index in [0.29, 0.717) is 22.8 Å². The van der Waals surface area contributed by atoms with Gasteiger partial charge in [-0.1, -0.05) is 18.5 Å². The van der Waals surface area contributed by atoms with Gasteiger partial charge in [-0.3, -0.25) is 4.79 Å². The highest BCUT2D eigenvalue weighted by Gasteiger charge is 2.20. The number of rotatable bonds is 4. The van der Waals surface area contributed by atoms with Crippen LogP contribution >= 0.6 is 11.6 Å². The first-order valence-corrected chi connectivity index (χ1v) is 5.23. The summed E-state index contributed by atoms with van der Waals surface area (Å²) < 4.78 is 5.15. The van der Waals surface area contributed by atoms with E-state index in [4.69, 9.17) is 27.2 Å². The zero-order valence-corrected chi connectivity index (χ0v) is 9.91. The fraction of sp³-hybridized carbons (Fsp3) is 0.364. The van der Waals surface area contributed by atoms with E-state index in [9.17, 15) is 4.79 Å². The molecule has 0 aliphatic rings. The maximum atomic E-state index is 10.9. The van der Waals surface area contributed by atoms with Gasteiger partial charge in [0.1, 0.15) is 11.8 Å². The van der Waals surface area contributed by atoms with Crippen molar-refractivity contribution in [1.82, 2.24) is 0 Å². The van der Waals surface area contributed by atoms with Crippen molar-refractivity contribution in [2.24, 2.45) is 5.73 Å². The summed E-state index contributed by atoms with van der Waals surface area (Å²) >= 11 is 5.88. The van der Waals surface area contributed by atoms with Crippen LogP contribution in [-0.4, -0.2) is 18.2 Å². The summed E-state index contributed by atoms with van der Waals surface area (Å²) in [7, 11) is 1.51. The third-order valence-corrected chi connectivity index (χ3v) is 2.60. The maximum absolute atomic E-state index is 10.9. The van der Waals surface area contributed by atoms with Gasteiger partial charge in [0.15, 0.2) is 0 Å². The Morgan fingerprint density at radius 3 is 2.69 bits per heavy atom. The summed E-state index contributed by atoms with van der Waals surface area (Å²) in [6.07, 6.45) is 0.636. The number of hydrogen-bond acceptors (Lipinski definition) is 3. The van der Waals surface area contributed by atoms with Crippen LogP contribution < -0.4 is 10.5 Å². The summed E-state index contributed by atoms with van der Waals surface area (Å²) in [4.78, 5) is 10.9. The summed E-state index contributed by atoms with van der Waals surface area (Å²) in [5, 5.41) is 9.32. The second-order valence-electron chi connectivity index (χ2n) is 3.35. The number of benzene rings is 1. The van der Waals surface area contributed by atoms with Gasteiger partial charge >= 0.3 is 5.97 Å². The van der Waals surface area contributed by atoms with Crippen LogP contribution in [0, 0.1) is 0 Å². The standard InChI is InChI=1S/C11H14ClNO3/c1-3-7-8(10(13)11(14)15)4-6(12)5-9(7)16-2/h4-5,10H,3,13H2,1-2H3,(H,14,15). The molecule has 0 fully saturated rings. The zero-order chi connectivity index (χ0) is 12.3. The van der Waals surface area contributed by atoms with Crippen molar-refractivity contribution in [3.63, 3.8) is 0 Å². The van der Waals surface area contributed by atoms with Crippen LogP contribution in [0.1, 0.15) is 24.1 Å². The lowest BCUT2D eigenvalue weighted by Crippen LogP contribution is -2.22. The fourth-order valence-electron chi connectivity index (χ4n) is 1.60. The first kappa shape index (κ1) is 12.8. The van der Waals surface area contributed by atoms with Gasteiger partial charge in [0.2, 0.25) is 0 Å². The molecular weight excluding hydrogens is 230 g/mol. The van der Waals surface area contributed by atoms with E-state index >= 15 is 0 Å². The second-order valence-corrected chi connectivity index (χ2v) is 3.78. The van der Waals surface area contributed by atoms with E-state index in [1.807, 2.05) is 6.92 Å². The predicted octanol–water partition coefficient (Wildman–Crippen LogP) is 2.00. The number of nitrogens with two attached hydrogens (primary N) is 1. The Bertz CT molecular complexity index is 406. The van der Waals surface area contributed by atoms with Gasteiger partial charge in [0, 0.05) is 5.02 Å². The third-order valence-electron chi connectivity index (χ3n) is 2.38. The van der Waals surface area contributed by atoms with Crippen molar-refractivity contribution >= 4 is 17.6 Å². The SMILES string of the molecule is CCc1c(OC)cc(Cl)cc1C(N)C(=O)O. The molecule has 1 unspecified atom stereocenters. The van der Waals surface area contributed by atoms with E-state index < -0.39 is 12.0 Å². The molecule has 1 atom stereocenters. The molecule has 4 nitrogen and oxygen atoms in total. The van der Waals surface area contributed by atoms with Gasteiger partial charge in [-0.2, -0.15) is 0 Å². The molecule has 0 radical (unpaired) electrons. The molecule has 88 valence electrons. The van der Waals surface area contributed by atoms with Crippen molar-refractivity contribution in [3.8, 4) is 5.75 Å². The van der Waals surface area contributed by atoms with Crippen molar-refractivity contribution in [2.45, 2.75) is 19.4 Å². The number of aliphatic carboxylic acids is 1. The number of carbonyl (C=O) groups is 1. The molecule has 1 aromatic rings. The van der Waals surface area contributed by atoms with E-state index in [1.165, 1.54) is 7.11 Å². The first-order chi connectivity index (χ1) is 7.51. The second kappa shape index (κ2) is 5.18. The molecule has 3 N–H and O–H groups in total. The van der Waals surface area contributed by atoms with Gasteiger partial charge in [-0.05, 0) is 29.7 Å². The van der Waals surface area contributed by atoms with E-state index in [-0.39, 0.29) is 0 Å². The number of halogens is 1. The van der Waals surface area contributed by atoms with Crippen LogP contribution in [-0.2, 0) is 11.2 Å². The monoisotopic (exact) mass is 243 g/mol. The molecule has 0 saturated carbocycles. The van der Waals surface area contributed by atoms with Gasteiger partial charge in [-0.15, -0.1) is 0 Å². The normalized spacial score (nSPS) is 12.2. The summed E-state index contributed by atoms with van der Waals surface area (Å²) in [6.45, 7) is 1.91. The fourth-order valence-corrected chi connectivity index (χ4v) is 1.82. The molecule has 1 aromatic carbocycles. The lowest BCUT2D eigenvalue weighted by Gasteiger charge is -2.16. The van der Waals surface area contributed by atoms with Crippen LogP contribution in [0.15, 0.2) is 12.1 Å². The highest BCUT2D eigenvalue weighted by Crippen LogP contribution is 2.30. The Morgan fingerprint density at radius 1 is 1.62 bits per heavy atom. The van der Waals surface area contributed by atoms with Gasteiger partial charge in [0.05, 0.1) is 7.11 Å². The number of methoxy groups -OCH3 is 1. The van der Waals surface area contributed by atoms with Crippen molar-refractivity contribution in [3.05, 3.63) is 28.3 Å². The van der Waals surface area contributed by atoms with E-state index in [2.05, 4.69) is 0 Å². The highest BCUT2D eigenvalue weighted by atomic mass is 35.5. The predicted molar refractivity (Wildman–Crippen MR) is 61.9 cm³/mol. The summed E-state index contributed by atoms with van der Waals surface area (Å²) in [5.74, 6) is -0.513. The summed E-state index contributed by atoms with van der Waals surface area (Å²) in [6, 6.07) is 2.14. The first-order valence-electron chi connectivity index (χ1n) is 4.86. The Hall–Kier alpha value is -1.26. The molecule has 0 aliphatic heterocycles. The molecule has 0 aliphatic carbocycles. The number of ether oxygens (including phenoxy) is 1.